The van der Waals surface area contributed by atoms with E-state index in [0.29, 0.717) is 11.6 Å². The van der Waals surface area contributed by atoms with E-state index in [2.05, 4.69) is 0 Å². The van der Waals surface area contributed by atoms with Gasteiger partial charge in [0.2, 0.25) is 15.9 Å². The van der Waals surface area contributed by atoms with Gasteiger partial charge in [-0.05, 0) is 54.4 Å². The highest BCUT2D eigenvalue weighted by Crippen LogP contribution is 2.21. The zero-order valence-corrected chi connectivity index (χ0v) is 20.4. The number of carbonyl (C=O) groups is 1. The second kappa shape index (κ2) is 10.8. The molecular weight excluding hydrogens is 460 g/mol. The summed E-state index contributed by atoms with van der Waals surface area (Å²) in [5.41, 5.74) is 2.60. The minimum Gasteiger partial charge on any atom is -0.497 e. The molecule has 0 atom stereocenters. The van der Waals surface area contributed by atoms with Gasteiger partial charge in [-0.1, -0.05) is 53.6 Å². The quantitative estimate of drug-likeness (QED) is 0.446. The number of likely N-dealkylation sites (N-methyl/N-ethyl adjacent to an activating group) is 1. The smallest absolute Gasteiger partial charge is 0.243 e. The van der Waals surface area contributed by atoms with E-state index in [1.54, 1.807) is 62.7 Å². The Morgan fingerprint density at radius 1 is 0.879 bits per heavy atom. The number of aryl methyl sites for hydroxylation is 1. The second-order valence-corrected chi connectivity index (χ2v) is 10.2. The molecule has 0 N–H and O–H groups in total. The molecule has 0 saturated heterocycles. The zero-order chi connectivity index (χ0) is 24.0. The van der Waals surface area contributed by atoms with Crippen LogP contribution < -0.4 is 4.74 Å². The van der Waals surface area contributed by atoms with E-state index >= 15 is 0 Å². The number of amides is 1. The van der Waals surface area contributed by atoms with Crippen molar-refractivity contribution in [2.45, 2.75) is 24.9 Å². The number of benzene rings is 3. The fourth-order valence-corrected chi connectivity index (χ4v) is 4.75. The van der Waals surface area contributed by atoms with Gasteiger partial charge in [0.15, 0.2) is 0 Å². The maximum atomic E-state index is 13.4. The number of rotatable bonds is 9. The van der Waals surface area contributed by atoms with Crippen LogP contribution in [0.4, 0.5) is 0 Å². The third-order valence-corrected chi connectivity index (χ3v) is 7.31. The highest BCUT2D eigenvalue weighted by Gasteiger charge is 2.28. The van der Waals surface area contributed by atoms with E-state index in [1.807, 2.05) is 31.2 Å². The van der Waals surface area contributed by atoms with Gasteiger partial charge in [-0.15, -0.1) is 0 Å². The molecule has 6 nitrogen and oxygen atoms in total. The van der Waals surface area contributed by atoms with E-state index < -0.39 is 10.0 Å². The number of halogens is 1. The van der Waals surface area contributed by atoms with Gasteiger partial charge in [-0.3, -0.25) is 4.79 Å². The number of nitrogens with zero attached hydrogens (tertiary/aromatic N) is 2. The Morgan fingerprint density at radius 2 is 1.42 bits per heavy atom. The monoisotopic (exact) mass is 486 g/mol. The Kier molecular flexibility index (Phi) is 8.13. The largest absolute Gasteiger partial charge is 0.497 e. The van der Waals surface area contributed by atoms with Crippen LogP contribution in [0.3, 0.4) is 0 Å². The molecular formula is C25H27ClN2O4S. The molecule has 174 valence electrons. The van der Waals surface area contributed by atoms with Crippen LogP contribution in [-0.2, 0) is 27.9 Å². The first kappa shape index (κ1) is 24.8. The first-order chi connectivity index (χ1) is 15.7. The van der Waals surface area contributed by atoms with E-state index in [9.17, 15) is 13.2 Å². The summed E-state index contributed by atoms with van der Waals surface area (Å²) in [5.74, 6) is 0.418. The molecule has 8 heteroatoms. The molecule has 0 heterocycles. The van der Waals surface area contributed by atoms with Crippen LogP contribution in [0.2, 0.25) is 5.02 Å². The predicted octanol–water partition coefficient (Wildman–Crippen LogP) is 4.51. The van der Waals surface area contributed by atoms with Gasteiger partial charge < -0.3 is 9.64 Å². The first-order valence-corrected chi connectivity index (χ1v) is 12.2. The topological polar surface area (TPSA) is 66.9 Å². The Hall–Kier alpha value is -2.87. The first-order valence-electron chi connectivity index (χ1n) is 10.4. The minimum atomic E-state index is -3.90. The van der Waals surface area contributed by atoms with E-state index in [4.69, 9.17) is 16.3 Å². The van der Waals surface area contributed by atoms with Crippen molar-refractivity contribution in [3.63, 3.8) is 0 Å². The molecule has 0 radical (unpaired) electrons. The SMILES string of the molecule is COc1ccc(CN(C)C(=O)CN(Cc2ccc(Cl)cc2)S(=O)(=O)c2ccc(C)cc2)cc1. The zero-order valence-electron chi connectivity index (χ0n) is 18.9. The Balaban J connectivity index is 1.82. The maximum Gasteiger partial charge on any atom is 0.243 e. The van der Waals surface area contributed by atoms with Gasteiger partial charge in [0.05, 0.1) is 18.6 Å². The maximum absolute atomic E-state index is 13.4. The Labute approximate surface area is 200 Å². The highest BCUT2D eigenvalue weighted by atomic mass is 35.5. The molecule has 1 amide bonds. The molecule has 0 saturated carbocycles. The van der Waals surface area contributed by atoms with Crippen molar-refractivity contribution >= 4 is 27.5 Å². The molecule has 0 bridgehead atoms. The van der Waals surface area contributed by atoms with Gasteiger partial charge in [0, 0.05) is 25.2 Å². The summed E-state index contributed by atoms with van der Waals surface area (Å²) >= 11 is 5.97. The lowest BCUT2D eigenvalue weighted by Gasteiger charge is -2.25. The lowest BCUT2D eigenvalue weighted by Crippen LogP contribution is -2.40. The van der Waals surface area contributed by atoms with E-state index in [1.165, 1.54) is 9.21 Å². The molecule has 0 aliphatic carbocycles. The predicted molar refractivity (Wildman–Crippen MR) is 130 cm³/mol. The highest BCUT2D eigenvalue weighted by molar-refractivity contribution is 7.89. The van der Waals surface area contributed by atoms with Crippen molar-refractivity contribution in [1.29, 1.82) is 0 Å². The van der Waals surface area contributed by atoms with Crippen molar-refractivity contribution in [2.24, 2.45) is 0 Å². The Morgan fingerprint density at radius 3 is 2.00 bits per heavy atom. The molecule has 3 aromatic rings. The van der Waals surface area contributed by atoms with E-state index in [-0.39, 0.29) is 23.9 Å². The average Bonchev–Trinajstić information content (AvgIpc) is 2.80. The summed E-state index contributed by atoms with van der Waals surface area (Å²) in [6, 6.07) is 20.9. The molecule has 0 aromatic heterocycles. The van der Waals surface area contributed by atoms with Crippen LogP contribution in [-0.4, -0.2) is 44.2 Å². The van der Waals surface area contributed by atoms with Crippen LogP contribution in [0.15, 0.2) is 77.7 Å². The summed E-state index contributed by atoms with van der Waals surface area (Å²) in [5, 5.41) is 0.557. The van der Waals surface area contributed by atoms with Crippen molar-refractivity contribution < 1.29 is 17.9 Å². The van der Waals surface area contributed by atoms with Crippen LogP contribution in [0, 0.1) is 6.92 Å². The number of hydrogen-bond acceptors (Lipinski definition) is 4. The van der Waals surface area contributed by atoms with Crippen molar-refractivity contribution in [1.82, 2.24) is 9.21 Å². The van der Waals surface area contributed by atoms with Gasteiger partial charge in [0.1, 0.15) is 5.75 Å². The number of sulfonamides is 1. The molecule has 0 spiro atoms. The number of hydrogen-bond donors (Lipinski definition) is 0. The Bertz CT molecular complexity index is 1180. The third-order valence-electron chi connectivity index (χ3n) is 5.25. The van der Waals surface area contributed by atoms with Gasteiger partial charge in [0.25, 0.3) is 0 Å². The average molecular weight is 487 g/mol. The molecule has 33 heavy (non-hydrogen) atoms. The van der Waals surface area contributed by atoms with Crippen LogP contribution in [0.1, 0.15) is 16.7 Å². The van der Waals surface area contributed by atoms with E-state index in [0.717, 1.165) is 22.4 Å². The van der Waals surface area contributed by atoms with Crippen molar-refractivity contribution in [3.8, 4) is 5.75 Å². The molecule has 0 fully saturated rings. The molecule has 0 unspecified atom stereocenters. The standard InChI is InChI=1S/C25H27ClN2O4S/c1-19-4-14-24(15-5-19)33(30,31)28(17-21-6-10-22(26)11-7-21)18-25(29)27(2)16-20-8-12-23(32-3)13-9-20/h4-15H,16-18H2,1-3H3. The summed E-state index contributed by atoms with van der Waals surface area (Å²) in [7, 11) is -0.650. The fourth-order valence-electron chi connectivity index (χ4n) is 3.24. The number of methoxy groups -OCH3 is 1. The molecule has 3 aromatic carbocycles. The second-order valence-electron chi connectivity index (χ2n) is 7.81. The van der Waals surface area contributed by atoms with Crippen LogP contribution >= 0.6 is 11.6 Å². The molecule has 0 aliphatic heterocycles. The summed E-state index contributed by atoms with van der Waals surface area (Å²) in [4.78, 5) is 14.7. The number of carbonyl (C=O) groups excluding carboxylic acids is 1. The number of ether oxygens (including phenoxy) is 1. The third kappa shape index (κ3) is 6.57. The van der Waals surface area contributed by atoms with Crippen molar-refractivity contribution in [3.05, 3.63) is 94.5 Å². The van der Waals surface area contributed by atoms with Gasteiger partial charge in [-0.2, -0.15) is 4.31 Å². The summed E-state index contributed by atoms with van der Waals surface area (Å²) in [6.45, 7) is 2.00. The summed E-state index contributed by atoms with van der Waals surface area (Å²) in [6.07, 6.45) is 0. The van der Waals surface area contributed by atoms with Gasteiger partial charge >= 0.3 is 0 Å². The fraction of sp³-hybridized carbons (Fsp3) is 0.240. The lowest BCUT2D eigenvalue weighted by molar-refractivity contribution is -0.130. The van der Waals surface area contributed by atoms with Gasteiger partial charge in [-0.25, -0.2) is 8.42 Å². The molecule has 3 rings (SSSR count). The van der Waals surface area contributed by atoms with Crippen LogP contribution in [0.25, 0.3) is 0 Å². The normalized spacial score (nSPS) is 11.4. The molecule has 0 aliphatic rings. The van der Waals surface area contributed by atoms with Crippen molar-refractivity contribution in [2.75, 3.05) is 20.7 Å². The van der Waals surface area contributed by atoms with Crippen LogP contribution in [0.5, 0.6) is 5.75 Å². The summed E-state index contributed by atoms with van der Waals surface area (Å²) < 4.78 is 33.2. The minimum absolute atomic E-state index is 0.0511. The lowest BCUT2D eigenvalue weighted by atomic mass is 10.2.